The Balaban J connectivity index is 2.47. The largest absolute Gasteiger partial charge is 0.466 e. The Hall–Kier alpha value is -2.05. The lowest BCUT2D eigenvalue weighted by atomic mass is 9.63. The monoisotopic (exact) mass is 298 g/mol. The number of esters is 1. The van der Waals surface area contributed by atoms with E-state index in [-0.39, 0.29) is 5.41 Å². The lowest BCUT2D eigenvalue weighted by Crippen LogP contribution is -2.44. The van der Waals surface area contributed by atoms with Crippen molar-refractivity contribution in [2.75, 3.05) is 7.11 Å². The fourth-order valence-corrected chi connectivity index (χ4v) is 2.78. The number of methoxy groups -OCH3 is 1. The van der Waals surface area contributed by atoms with Gasteiger partial charge in [-0.15, -0.1) is 0 Å². The zero-order valence-corrected chi connectivity index (χ0v) is 13.6. The SMILES string of the molecule is COC(=O)C=C(C)C#CC1(O)c2ccccc2CCC1(C)C. The number of rotatable bonds is 1. The molecule has 2 rings (SSSR count). The second-order valence-corrected chi connectivity index (χ2v) is 6.35. The Morgan fingerprint density at radius 2 is 2.05 bits per heavy atom. The molecule has 1 N–H and O–H groups in total. The molecule has 1 atom stereocenters. The van der Waals surface area contributed by atoms with Crippen LogP contribution in [0.2, 0.25) is 0 Å². The van der Waals surface area contributed by atoms with Gasteiger partial charge in [0.1, 0.15) is 0 Å². The Morgan fingerprint density at radius 3 is 2.73 bits per heavy atom. The highest BCUT2D eigenvalue weighted by Crippen LogP contribution is 2.47. The van der Waals surface area contributed by atoms with Crippen LogP contribution in [-0.4, -0.2) is 18.2 Å². The standard InChI is InChI=1S/C19H22O3/c1-14(13-17(20)22-4)9-12-19(21)16-8-6-5-7-15(16)10-11-18(19,2)3/h5-8,13,21H,10-11H2,1-4H3. The third-order valence-electron chi connectivity index (χ3n) is 4.38. The molecule has 0 radical (unpaired) electrons. The maximum Gasteiger partial charge on any atom is 0.331 e. The van der Waals surface area contributed by atoms with Crippen LogP contribution in [0.1, 0.15) is 38.3 Å². The molecule has 1 aromatic carbocycles. The molecule has 1 aliphatic carbocycles. The number of benzene rings is 1. The fourth-order valence-electron chi connectivity index (χ4n) is 2.78. The summed E-state index contributed by atoms with van der Waals surface area (Å²) in [5.41, 5.74) is 0.976. The molecule has 3 heteroatoms. The number of carbonyl (C=O) groups excluding carboxylic acids is 1. The van der Waals surface area contributed by atoms with Gasteiger partial charge in [-0.05, 0) is 30.9 Å². The number of carbonyl (C=O) groups is 1. The van der Waals surface area contributed by atoms with Crippen molar-refractivity contribution in [1.29, 1.82) is 0 Å². The van der Waals surface area contributed by atoms with Gasteiger partial charge in [0.15, 0.2) is 5.60 Å². The van der Waals surface area contributed by atoms with Crippen LogP contribution >= 0.6 is 0 Å². The molecule has 1 aromatic rings. The molecule has 116 valence electrons. The predicted molar refractivity (Wildman–Crippen MR) is 86.0 cm³/mol. The summed E-state index contributed by atoms with van der Waals surface area (Å²) in [6.07, 6.45) is 3.12. The molecule has 0 fully saturated rings. The smallest absolute Gasteiger partial charge is 0.331 e. The molecule has 22 heavy (non-hydrogen) atoms. The third-order valence-corrected chi connectivity index (χ3v) is 4.38. The molecule has 0 aliphatic heterocycles. The molecule has 0 spiro atoms. The van der Waals surface area contributed by atoms with Crippen molar-refractivity contribution in [3.63, 3.8) is 0 Å². The number of ether oxygens (including phenoxy) is 1. The van der Waals surface area contributed by atoms with E-state index in [2.05, 4.69) is 16.6 Å². The van der Waals surface area contributed by atoms with E-state index in [1.54, 1.807) is 6.92 Å². The summed E-state index contributed by atoms with van der Waals surface area (Å²) in [5, 5.41) is 11.3. The van der Waals surface area contributed by atoms with Gasteiger partial charge in [0.2, 0.25) is 0 Å². The first-order chi connectivity index (χ1) is 10.3. The van der Waals surface area contributed by atoms with Crippen molar-refractivity contribution in [2.45, 2.75) is 39.2 Å². The first kappa shape index (κ1) is 16.3. The first-order valence-electron chi connectivity index (χ1n) is 7.40. The number of aryl methyl sites for hydroxylation is 1. The van der Waals surface area contributed by atoms with E-state index in [1.165, 1.54) is 13.2 Å². The zero-order valence-electron chi connectivity index (χ0n) is 13.6. The average Bonchev–Trinajstić information content (AvgIpc) is 2.49. The molecule has 0 heterocycles. The third kappa shape index (κ3) is 2.93. The van der Waals surface area contributed by atoms with Gasteiger partial charge in [-0.2, -0.15) is 0 Å². The number of fused-ring (bicyclic) bond motifs is 1. The van der Waals surface area contributed by atoms with Crippen molar-refractivity contribution in [2.24, 2.45) is 5.41 Å². The molecular formula is C19H22O3. The van der Waals surface area contributed by atoms with Crippen LogP contribution in [-0.2, 0) is 21.6 Å². The lowest BCUT2D eigenvalue weighted by Gasteiger charge is -2.44. The Bertz CT molecular complexity index is 673. The number of allylic oxidation sites excluding steroid dienone is 1. The molecular weight excluding hydrogens is 276 g/mol. The summed E-state index contributed by atoms with van der Waals surface area (Å²) in [5.74, 6) is 5.48. The number of hydrogen-bond acceptors (Lipinski definition) is 3. The highest BCUT2D eigenvalue weighted by Gasteiger charge is 2.47. The average molecular weight is 298 g/mol. The summed E-state index contributed by atoms with van der Waals surface area (Å²) in [4.78, 5) is 11.3. The maximum absolute atomic E-state index is 11.3. The summed E-state index contributed by atoms with van der Waals surface area (Å²) in [6, 6.07) is 7.87. The van der Waals surface area contributed by atoms with Crippen LogP contribution in [0.15, 0.2) is 35.9 Å². The minimum absolute atomic E-state index is 0.361. The van der Waals surface area contributed by atoms with Gasteiger partial charge in [-0.1, -0.05) is 50.0 Å². The highest BCUT2D eigenvalue weighted by molar-refractivity contribution is 5.83. The molecule has 3 nitrogen and oxygen atoms in total. The molecule has 1 aliphatic rings. The first-order valence-corrected chi connectivity index (χ1v) is 7.40. The molecule has 0 saturated heterocycles. The van der Waals surface area contributed by atoms with Gasteiger partial charge in [-0.25, -0.2) is 4.79 Å². The van der Waals surface area contributed by atoms with Gasteiger partial charge in [0, 0.05) is 17.1 Å². The van der Waals surface area contributed by atoms with Gasteiger partial charge < -0.3 is 9.84 Å². The van der Waals surface area contributed by atoms with Crippen molar-refractivity contribution < 1.29 is 14.6 Å². The quantitative estimate of drug-likeness (QED) is 0.492. The number of hydrogen-bond donors (Lipinski definition) is 1. The second-order valence-electron chi connectivity index (χ2n) is 6.35. The van der Waals surface area contributed by atoms with E-state index < -0.39 is 11.6 Å². The van der Waals surface area contributed by atoms with E-state index in [1.807, 2.05) is 38.1 Å². The highest BCUT2D eigenvalue weighted by atomic mass is 16.5. The topological polar surface area (TPSA) is 46.5 Å². The minimum Gasteiger partial charge on any atom is -0.466 e. The van der Waals surface area contributed by atoms with Crippen LogP contribution in [0.4, 0.5) is 0 Å². The van der Waals surface area contributed by atoms with E-state index in [0.29, 0.717) is 5.57 Å². The molecule has 0 bridgehead atoms. The van der Waals surface area contributed by atoms with Crippen LogP contribution in [0.25, 0.3) is 0 Å². The molecule has 0 aromatic heterocycles. The van der Waals surface area contributed by atoms with Crippen LogP contribution in [0.3, 0.4) is 0 Å². The molecule has 0 saturated carbocycles. The Kier molecular flexibility index (Phi) is 4.44. The van der Waals surface area contributed by atoms with Crippen LogP contribution < -0.4 is 0 Å². The van der Waals surface area contributed by atoms with E-state index in [9.17, 15) is 9.90 Å². The lowest BCUT2D eigenvalue weighted by molar-refractivity contribution is -0.134. The maximum atomic E-state index is 11.3. The van der Waals surface area contributed by atoms with Crippen LogP contribution in [0, 0.1) is 17.3 Å². The van der Waals surface area contributed by atoms with Gasteiger partial charge >= 0.3 is 5.97 Å². The summed E-state index contributed by atoms with van der Waals surface area (Å²) in [6.45, 7) is 5.78. The second kappa shape index (κ2) is 5.98. The Morgan fingerprint density at radius 1 is 1.36 bits per heavy atom. The zero-order chi connectivity index (χ0) is 16.4. The van der Waals surface area contributed by atoms with E-state index in [0.717, 1.165) is 24.0 Å². The summed E-state index contributed by atoms with van der Waals surface area (Å²) >= 11 is 0. The molecule has 0 amide bonds. The normalized spacial score (nSPS) is 23.0. The van der Waals surface area contributed by atoms with Crippen molar-refractivity contribution in [3.8, 4) is 11.8 Å². The number of aliphatic hydroxyl groups is 1. The summed E-state index contributed by atoms with van der Waals surface area (Å²) < 4.78 is 4.59. The van der Waals surface area contributed by atoms with Crippen molar-refractivity contribution in [1.82, 2.24) is 0 Å². The fraction of sp³-hybridized carbons (Fsp3) is 0.421. The molecule has 1 unspecified atom stereocenters. The Labute approximate surface area is 132 Å². The predicted octanol–water partition coefficient (Wildman–Crippen LogP) is 2.97. The van der Waals surface area contributed by atoms with E-state index >= 15 is 0 Å². The van der Waals surface area contributed by atoms with Crippen molar-refractivity contribution in [3.05, 3.63) is 47.0 Å². The van der Waals surface area contributed by atoms with Crippen molar-refractivity contribution >= 4 is 5.97 Å². The van der Waals surface area contributed by atoms with Gasteiger partial charge in [-0.3, -0.25) is 0 Å². The summed E-state index contributed by atoms with van der Waals surface area (Å²) in [7, 11) is 1.33. The van der Waals surface area contributed by atoms with Gasteiger partial charge in [0.05, 0.1) is 7.11 Å². The van der Waals surface area contributed by atoms with E-state index in [4.69, 9.17) is 0 Å². The van der Waals surface area contributed by atoms with Crippen LogP contribution in [0.5, 0.6) is 0 Å². The van der Waals surface area contributed by atoms with Gasteiger partial charge in [0.25, 0.3) is 0 Å². The minimum atomic E-state index is -1.23.